The van der Waals surface area contributed by atoms with Crippen molar-refractivity contribution in [2.75, 3.05) is 0 Å². The molecule has 6 nitrogen and oxygen atoms in total. The number of nitrogens with zero attached hydrogens (tertiary/aromatic N) is 1. The number of hydrogen-bond acceptors (Lipinski definition) is 5. The molecule has 1 heterocycles. The van der Waals surface area contributed by atoms with Gasteiger partial charge in [-0.2, -0.15) is 0 Å². The molecule has 0 saturated carbocycles. The van der Waals surface area contributed by atoms with Gasteiger partial charge in [0.25, 0.3) is 5.91 Å². The molecule has 0 fully saturated rings. The predicted octanol–water partition coefficient (Wildman–Crippen LogP) is 1.44. The average molecular weight is 254 g/mol. The van der Waals surface area contributed by atoms with E-state index in [1.165, 1.54) is 6.20 Å². The van der Waals surface area contributed by atoms with Crippen molar-refractivity contribution in [3.8, 4) is 0 Å². The number of hydrogen-bond donors (Lipinski definition) is 1. The number of esters is 1. The Morgan fingerprint density at radius 1 is 1.44 bits per heavy atom. The number of carbonyl (C=O) groups excluding carboxylic acids is 2. The van der Waals surface area contributed by atoms with Crippen molar-refractivity contribution < 1.29 is 18.8 Å². The number of aromatic nitrogens is 1. The van der Waals surface area contributed by atoms with Crippen molar-refractivity contribution in [2.24, 2.45) is 0 Å². The molecule has 0 aromatic carbocycles. The highest BCUT2D eigenvalue weighted by molar-refractivity contribution is 5.95. The molecule has 6 heteroatoms. The smallest absolute Gasteiger partial charge is 0.328 e. The maximum Gasteiger partial charge on any atom is 0.328 e. The maximum absolute atomic E-state index is 11.8. The number of ether oxygens (including phenoxy) is 1. The molecule has 0 unspecified atom stereocenters. The lowest BCUT2D eigenvalue weighted by Gasteiger charge is -2.22. The van der Waals surface area contributed by atoms with Crippen LogP contribution in [0.25, 0.3) is 0 Å². The number of nitrogens with one attached hydrogen (secondary N) is 1. The summed E-state index contributed by atoms with van der Waals surface area (Å²) in [5.74, 6) is -0.873. The van der Waals surface area contributed by atoms with Crippen molar-refractivity contribution in [1.29, 1.82) is 0 Å². The summed E-state index contributed by atoms with van der Waals surface area (Å²) in [6.45, 7) is 8.54. The minimum Gasteiger partial charge on any atom is -0.458 e. The Labute approximate surface area is 106 Å². The first-order chi connectivity index (χ1) is 8.20. The van der Waals surface area contributed by atoms with Crippen LogP contribution in [0, 0.1) is 6.92 Å². The summed E-state index contributed by atoms with van der Waals surface area (Å²) < 4.78 is 9.94. The highest BCUT2D eigenvalue weighted by Crippen LogP contribution is 2.09. The number of aryl methyl sites for hydroxylation is 1. The third-order valence-corrected chi connectivity index (χ3v) is 2.06. The van der Waals surface area contributed by atoms with E-state index >= 15 is 0 Å². The predicted molar refractivity (Wildman–Crippen MR) is 64.0 cm³/mol. The lowest BCUT2D eigenvalue weighted by Crippen LogP contribution is -2.42. The Balaban J connectivity index is 2.60. The number of amides is 1. The maximum atomic E-state index is 11.8. The number of carbonyl (C=O) groups is 2. The standard InChI is InChI=1S/C12H18N2O4/c1-7-6-13-18-9(7)10(15)14-8(2)11(16)17-12(3,4)5/h6,8H,1-5H3,(H,14,15)/t8-/m0/s1. The van der Waals surface area contributed by atoms with Gasteiger partial charge in [-0.3, -0.25) is 4.79 Å². The second-order valence-electron chi connectivity index (χ2n) is 5.07. The normalized spacial score (nSPS) is 12.9. The first-order valence-electron chi connectivity index (χ1n) is 5.65. The molecule has 1 N–H and O–H groups in total. The molecule has 0 spiro atoms. The fourth-order valence-electron chi connectivity index (χ4n) is 1.22. The Morgan fingerprint density at radius 2 is 2.06 bits per heavy atom. The summed E-state index contributed by atoms with van der Waals surface area (Å²) in [5, 5.41) is 6.00. The van der Waals surface area contributed by atoms with Crippen molar-refractivity contribution in [3.63, 3.8) is 0 Å². The summed E-state index contributed by atoms with van der Waals surface area (Å²) in [6, 6.07) is -0.749. The van der Waals surface area contributed by atoms with Gasteiger partial charge >= 0.3 is 5.97 Å². The molecule has 1 aromatic heterocycles. The van der Waals surface area contributed by atoms with Crippen molar-refractivity contribution in [2.45, 2.75) is 46.3 Å². The molecular weight excluding hydrogens is 236 g/mol. The van der Waals surface area contributed by atoms with E-state index in [4.69, 9.17) is 9.26 Å². The van der Waals surface area contributed by atoms with E-state index in [1.54, 1.807) is 34.6 Å². The van der Waals surface area contributed by atoms with Gasteiger partial charge in [-0.15, -0.1) is 0 Å². The molecule has 1 amide bonds. The zero-order valence-electron chi connectivity index (χ0n) is 11.2. The highest BCUT2D eigenvalue weighted by atomic mass is 16.6. The molecule has 1 rings (SSSR count). The van der Waals surface area contributed by atoms with Gasteiger partial charge in [-0.1, -0.05) is 5.16 Å². The highest BCUT2D eigenvalue weighted by Gasteiger charge is 2.25. The van der Waals surface area contributed by atoms with Crippen LogP contribution in [0.5, 0.6) is 0 Å². The van der Waals surface area contributed by atoms with Gasteiger partial charge in [-0.25, -0.2) is 4.79 Å². The quantitative estimate of drug-likeness (QED) is 0.825. The fourth-order valence-corrected chi connectivity index (χ4v) is 1.22. The van der Waals surface area contributed by atoms with Crippen molar-refractivity contribution in [3.05, 3.63) is 17.5 Å². The molecule has 0 radical (unpaired) electrons. The van der Waals surface area contributed by atoms with E-state index in [1.807, 2.05) is 0 Å². The van der Waals surface area contributed by atoms with E-state index in [9.17, 15) is 9.59 Å². The Kier molecular flexibility index (Phi) is 4.11. The molecule has 0 bridgehead atoms. The van der Waals surface area contributed by atoms with Crippen LogP contribution in [0.2, 0.25) is 0 Å². The monoisotopic (exact) mass is 254 g/mol. The van der Waals surface area contributed by atoms with E-state index in [2.05, 4.69) is 10.5 Å². The van der Waals surface area contributed by atoms with E-state index in [0.717, 1.165) is 0 Å². The average Bonchev–Trinajstić information content (AvgIpc) is 2.61. The van der Waals surface area contributed by atoms with Crippen molar-refractivity contribution in [1.82, 2.24) is 10.5 Å². The van der Waals surface area contributed by atoms with Crippen LogP contribution in [0.1, 0.15) is 43.8 Å². The minimum absolute atomic E-state index is 0.102. The molecule has 100 valence electrons. The summed E-state index contributed by atoms with van der Waals surface area (Å²) in [4.78, 5) is 23.4. The van der Waals surface area contributed by atoms with Crippen LogP contribution >= 0.6 is 0 Å². The third-order valence-electron chi connectivity index (χ3n) is 2.06. The van der Waals surface area contributed by atoms with Crippen molar-refractivity contribution >= 4 is 11.9 Å². The number of rotatable bonds is 3. The van der Waals surface area contributed by atoms with Gasteiger partial charge in [0.15, 0.2) is 0 Å². The van der Waals surface area contributed by atoms with Gasteiger partial charge < -0.3 is 14.6 Å². The van der Waals surface area contributed by atoms with E-state index < -0.39 is 23.5 Å². The van der Waals surface area contributed by atoms with Crippen LogP contribution in [-0.2, 0) is 9.53 Å². The Morgan fingerprint density at radius 3 is 2.50 bits per heavy atom. The van der Waals surface area contributed by atoms with Crippen LogP contribution < -0.4 is 5.32 Å². The first kappa shape index (κ1) is 14.2. The Hall–Kier alpha value is -1.85. The molecule has 1 aromatic rings. The molecule has 0 aliphatic rings. The van der Waals surface area contributed by atoms with E-state index in [0.29, 0.717) is 5.56 Å². The van der Waals surface area contributed by atoms with Gasteiger partial charge in [-0.05, 0) is 34.6 Å². The molecule has 0 saturated heterocycles. The van der Waals surface area contributed by atoms with Gasteiger partial charge in [0.2, 0.25) is 5.76 Å². The summed E-state index contributed by atoms with van der Waals surface area (Å²) in [6.07, 6.45) is 1.44. The topological polar surface area (TPSA) is 81.4 Å². The van der Waals surface area contributed by atoms with Gasteiger partial charge in [0.1, 0.15) is 11.6 Å². The van der Waals surface area contributed by atoms with Crippen LogP contribution in [0.3, 0.4) is 0 Å². The molecule has 18 heavy (non-hydrogen) atoms. The van der Waals surface area contributed by atoms with Crippen LogP contribution in [0.15, 0.2) is 10.7 Å². The van der Waals surface area contributed by atoms with Gasteiger partial charge in [0, 0.05) is 5.56 Å². The van der Waals surface area contributed by atoms with Crippen LogP contribution in [-0.4, -0.2) is 28.7 Å². The lowest BCUT2D eigenvalue weighted by molar-refractivity contribution is -0.156. The molecule has 1 atom stereocenters. The molecule has 0 aliphatic carbocycles. The Bertz CT molecular complexity index is 445. The van der Waals surface area contributed by atoms with E-state index in [-0.39, 0.29) is 5.76 Å². The minimum atomic E-state index is -0.749. The summed E-state index contributed by atoms with van der Waals surface area (Å²) >= 11 is 0. The fraction of sp³-hybridized carbons (Fsp3) is 0.583. The first-order valence-corrected chi connectivity index (χ1v) is 5.65. The second kappa shape index (κ2) is 5.20. The zero-order chi connectivity index (χ0) is 13.9. The van der Waals surface area contributed by atoms with Crippen LogP contribution in [0.4, 0.5) is 0 Å². The zero-order valence-corrected chi connectivity index (χ0v) is 11.2. The molecular formula is C12H18N2O4. The second-order valence-corrected chi connectivity index (χ2v) is 5.07. The lowest BCUT2D eigenvalue weighted by atomic mass is 10.2. The SMILES string of the molecule is Cc1cnoc1C(=O)N[C@@H](C)C(=O)OC(C)(C)C. The summed E-state index contributed by atoms with van der Waals surface area (Å²) in [5.41, 5.74) is 0.0296. The summed E-state index contributed by atoms with van der Waals surface area (Å²) in [7, 11) is 0. The molecule has 0 aliphatic heterocycles. The largest absolute Gasteiger partial charge is 0.458 e. The third kappa shape index (κ3) is 3.87. The van der Waals surface area contributed by atoms with Gasteiger partial charge in [0.05, 0.1) is 6.20 Å².